The van der Waals surface area contributed by atoms with Crippen molar-refractivity contribution in [3.63, 3.8) is 0 Å². The van der Waals surface area contributed by atoms with E-state index in [0.717, 1.165) is 44.6 Å². The van der Waals surface area contributed by atoms with Crippen molar-refractivity contribution in [3.05, 3.63) is 24.5 Å². The van der Waals surface area contributed by atoms with Crippen molar-refractivity contribution in [2.75, 3.05) is 39.9 Å². The molecule has 0 spiro atoms. The van der Waals surface area contributed by atoms with Crippen LogP contribution in [0.2, 0.25) is 0 Å². The van der Waals surface area contributed by atoms with Gasteiger partial charge in [0.1, 0.15) is 12.4 Å². The molecule has 2 saturated heterocycles. The van der Waals surface area contributed by atoms with Crippen LogP contribution in [0.1, 0.15) is 32.1 Å². The van der Waals surface area contributed by atoms with Crippen molar-refractivity contribution in [1.29, 1.82) is 0 Å². The highest BCUT2D eigenvalue weighted by Crippen LogP contribution is 2.22. The van der Waals surface area contributed by atoms with Crippen molar-refractivity contribution in [2.45, 2.75) is 44.2 Å². The number of aromatic nitrogens is 1. The quantitative estimate of drug-likeness (QED) is 0.787. The Morgan fingerprint density at radius 2 is 2.08 bits per heavy atom. The van der Waals surface area contributed by atoms with Gasteiger partial charge in [-0.05, 0) is 31.4 Å². The summed E-state index contributed by atoms with van der Waals surface area (Å²) in [4.78, 5) is 21.0. The van der Waals surface area contributed by atoms with Gasteiger partial charge in [-0.1, -0.05) is 12.8 Å². The van der Waals surface area contributed by atoms with Crippen LogP contribution < -0.4 is 4.74 Å². The molecule has 138 valence electrons. The average molecular weight is 347 g/mol. The molecule has 2 fully saturated rings. The Morgan fingerprint density at radius 1 is 1.28 bits per heavy atom. The van der Waals surface area contributed by atoms with Gasteiger partial charge in [0, 0.05) is 39.0 Å². The molecule has 0 saturated carbocycles. The van der Waals surface area contributed by atoms with Gasteiger partial charge in [0.2, 0.25) is 5.91 Å². The van der Waals surface area contributed by atoms with Crippen molar-refractivity contribution >= 4 is 5.91 Å². The van der Waals surface area contributed by atoms with E-state index in [9.17, 15) is 4.79 Å². The highest BCUT2D eigenvalue weighted by molar-refractivity contribution is 5.78. The maximum Gasteiger partial charge on any atom is 0.236 e. The number of likely N-dealkylation sites (tertiary alicyclic amines) is 2. The number of hydrogen-bond donors (Lipinski definition) is 0. The maximum absolute atomic E-state index is 12.7. The minimum Gasteiger partial charge on any atom is -0.490 e. The van der Waals surface area contributed by atoms with Crippen molar-refractivity contribution in [2.24, 2.45) is 0 Å². The monoisotopic (exact) mass is 347 g/mol. The van der Waals surface area contributed by atoms with E-state index in [2.05, 4.69) is 9.88 Å². The van der Waals surface area contributed by atoms with E-state index in [1.807, 2.05) is 17.0 Å². The molecule has 2 atom stereocenters. The molecule has 1 aromatic rings. The zero-order valence-electron chi connectivity index (χ0n) is 15.1. The first-order valence-electron chi connectivity index (χ1n) is 9.33. The first-order chi connectivity index (χ1) is 12.3. The third kappa shape index (κ3) is 5.16. The van der Waals surface area contributed by atoms with Gasteiger partial charge < -0.3 is 14.4 Å². The predicted octanol–water partition coefficient (Wildman–Crippen LogP) is 1.95. The van der Waals surface area contributed by atoms with Crippen molar-refractivity contribution in [3.8, 4) is 5.75 Å². The summed E-state index contributed by atoms with van der Waals surface area (Å²) in [6, 6.07) is 3.96. The van der Waals surface area contributed by atoms with Gasteiger partial charge in [0.25, 0.3) is 0 Å². The van der Waals surface area contributed by atoms with Gasteiger partial charge in [0.15, 0.2) is 0 Å². The van der Waals surface area contributed by atoms with Crippen LogP contribution in [0.5, 0.6) is 5.75 Å². The van der Waals surface area contributed by atoms with Crippen LogP contribution in [0.3, 0.4) is 0 Å². The van der Waals surface area contributed by atoms with Gasteiger partial charge in [-0.25, -0.2) is 0 Å². The minimum atomic E-state index is 0.166. The number of methoxy groups -OCH3 is 1. The molecule has 3 heterocycles. The summed E-state index contributed by atoms with van der Waals surface area (Å²) in [6.45, 7) is 3.60. The third-order valence-electron chi connectivity index (χ3n) is 5.20. The zero-order valence-corrected chi connectivity index (χ0v) is 15.1. The summed E-state index contributed by atoms with van der Waals surface area (Å²) in [5.74, 6) is 1.01. The molecule has 0 N–H and O–H groups in total. The fourth-order valence-corrected chi connectivity index (χ4v) is 3.69. The van der Waals surface area contributed by atoms with E-state index < -0.39 is 0 Å². The largest absolute Gasteiger partial charge is 0.490 e. The SMILES string of the molecule is CO[C@@H]1C[C@@H](COc2cccnc2)N(CC(=O)N2CCCCCC2)C1. The van der Waals surface area contributed by atoms with Crippen LogP contribution in [0.15, 0.2) is 24.5 Å². The Hall–Kier alpha value is -1.66. The van der Waals surface area contributed by atoms with Gasteiger partial charge in [-0.3, -0.25) is 14.7 Å². The molecule has 3 rings (SSSR count). The highest BCUT2D eigenvalue weighted by atomic mass is 16.5. The van der Waals surface area contributed by atoms with Crippen LogP contribution in [-0.4, -0.2) is 72.7 Å². The molecule has 0 aliphatic carbocycles. The first kappa shape index (κ1) is 18.1. The molecule has 25 heavy (non-hydrogen) atoms. The molecule has 0 aromatic carbocycles. The third-order valence-corrected chi connectivity index (χ3v) is 5.20. The van der Waals surface area contributed by atoms with E-state index in [4.69, 9.17) is 9.47 Å². The lowest BCUT2D eigenvalue weighted by Crippen LogP contribution is -2.44. The minimum absolute atomic E-state index is 0.166. The molecule has 2 aliphatic heterocycles. The van der Waals surface area contributed by atoms with Gasteiger partial charge in [-0.15, -0.1) is 0 Å². The number of hydrogen-bond acceptors (Lipinski definition) is 5. The van der Waals surface area contributed by atoms with E-state index in [1.54, 1.807) is 19.5 Å². The summed E-state index contributed by atoms with van der Waals surface area (Å²) in [5, 5.41) is 0. The highest BCUT2D eigenvalue weighted by Gasteiger charge is 2.34. The lowest BCUT2D eigenvalue weighted by atomic mass is 10.2. The van der Waals surface area contributed by atoms with Crippen LogP contribution in [-0.2, 0) is 9.53 Å². The predicted molar refractivity (Wildman–Crippen MR) is 95.6 cm³/mol. The fourth-order valence-electron chi connectivity index (χ4n) is 3.69. The van der Waals surface area contributed by atoms with Crippen molar-refractivity contribution in [1.82, 2.24) is 14.8 Å². The summed E-state index contributed by atoms with van der Waals surface area (Å²) >= 11 is 0. The average Bonchev–Trinajstić information content (AvgIpc) is 2.84. The molecule has 1 aromatic heterocycles. The molecule has 6 heteroatoms. The maximum atomic E-state index is 12.7. The molecule has 0 bridgehead atoms. The summed E-state index contributed by atoms with van der Waals surface area (Å²) < 4.78 is 11.4. The molecule has 0 radical (unpaired) electrons. The van der Waals surface area contributed by atoms with E-state index >= 15 is 0 Å². The van der Waals surface area contributed by atoms with E-state index in [0.29, 0.717) is 13.2 Å². The van der Waals surface area contributed by atoms with Crippen LogP contribution in [0.4, 0.5) is 0 Å². The topological polar surface area (TPSA) is 54.9 Å². The van der Waals surface area contributed by atoms with E-state index in [1.165, 1.54) is 12.8 Å². The fraction of sp³-hybridized carbons (Fsp3) is 0.684. The zero-order chi connectivity index (χ0) is 17.5. The molecule has 2 aliphatic rings. The number of nitrogens with zero attached hydrogens (tertiary/aromatic N) is 3. The standard InChI is InChI=1S/C19H29N3O3/c1-24-18-11-16(15-25-17-7-6-8-20-12-17)22(13-18)14-19(23)21-9-4-2-3-5-10-21/h6-8,12,16,18H,2-5,9-11,13-15H2,1H3/t16-,18+/m0/s1. The van der Waals surface area contributed by atoms with Crippen LogP contribution in [0, 0.1) is 0 Å². The lowest BCUT2D eigenvalue weighted by Gasteiger charge is -2.27. The Morgan fingerprint density at radius 3 is 2.76 bits per heavy atom. The normalized spacial score (nSPS) is 24.9. The molecule has 1 amide bonds. The molecule has 0 unspecified atom stereocenters. The number of carbonyl (C=O) groups excluding carboxylic acids is 1. The summed E-state index contributed by atoms with van der Waals surface area (Å²) in [5.41, 5.74) is 0. The van der Waals surface area contributed by atoms with Crippen LogP contribution >= 0.6 is 0 Å². The molecular formula is C19H29N3O3. The first-order valence-corrected chi connectivity index (χ1v) is 9.33. The number of ether oxygens (including phenoxy) is 2. The number of amides is 1. The summed E-state index contributed by atoms with van der Waals surface area (Å²) in [7, 11) is 1.74. The van der Waals surface area contributed by atoms with Gasteiger partial charge >= 0.3 is 0 Å². The second-order valence-electron chi connectivity index (χ2n) is 6.97. The number of carbonyl (C=O) groups is 1. The number of rotatable bonds is 6. The van der Waals surface area contributed by atoms with Gasteiger partial charge in [-0.2, -0.15) is 0 Å². The second-order valence-corrected chi connectivity index (χ2v) is 6.97. The van der Waals surface area contributed by atoms with Crippen LogP contribution in [0.25, 0.3) is 0 Å². The summed E-state index contributed by atoms with van der Waals surface area (Å²) in [6.07, 6.45) is 9.23. The van der Waals surface area contributed by atoms with Crippen molar-refractivity contribution < 1.29 is 14.3 Å². The lowest BCUT2D eigenvalue weighted by molar-refractivity contribution is -0.132. The Bertz CT molecular complexity index is 532. The number of pyridine rings is 1. The van der Waals surface area contributed by atoms with E-state index in [-0.39, 0.29) is 18.1 Å². The smallest absolute Gasteiger partial charge is 0.236 e. The Balaban J connectivity index is 1.55. The second kappa shape index (κ2) is 9.15. The Labute approximate surface area is 150 Å². The molecule has 6 nitrogen and oxygen atoms in total. The Kier molecular flexibility index (Phi) is 6.64. The van der Waals surface area contributed by atoms with Gasteiger partial charge in [0.05, 0.1) is 18.8 Å². The molecular weight excluding hydrogens is 318 g/mol.